The summed E-state index contributed by atoms with van der Waals surface area (Å²) in [5, 5.41) is 2.04. The zero-order valence-electron chi connectivity index (χ0n) is 44.5. The average Bonchev–Trinajstić information content (AvgIpc) is 4.28. The predicted molar refractivity (Wildman–Crippen MR) is 299 cm³/mol. The quantitative estimate of drug-likeness (QED) is 0.0676. The van der Waals surface area contributed by atoms with Crippen molar-refractivity contribution >= 4 is 65.0 Å². The Bertz CT molecular complexity index is 3470. The number of hydrogen-bond acceptors (Lipinski definition) is 11. The molecular weight excluding hydrogens is 1000 g/mol. The van der Waals surface area contributed by atoms with E-state index in [1.54, 1.807) is 63.9 Å². The molecule has 2 aliphatic heterocycles. The topological polar surface area (TPSA) is 185 Å². The van der Waals surface area contributed by atoms with Gasteiger partial charge in [0.2, 0.25) is 31.9 Å². The van der Waals surface area contributed by atoms with Gasteiger partial charge in [0.05, 0.1) is 42.7 Å². The molecule has 9 rings (SSSR count). The predicted octanol–water partition coefficient (Wildman–Crippen LogP) is 7.61. The number of pyridine rings is 1. The highest BCUT2D eigenvalue weighted by atomic mass is 32.2. The van der Waals surface area contributed by atoms with E-state index in [1.165, 1.54) is 29.5 Å². The van der Waals surface area contributed by atoms with Crippen molar-refractivity contribution in [1.29, 1.82) is 0 Å². The highest BCUT2D eigenvalue weighted by Gasteiger charge is 2.32. The van der Waals surface area contributed by atoms with Crippen molar-refractivity contribution in [2.45, 2.75) is 55.4 Å². The Hall–Kier alpha value is -6.61. The summed E-state index contributed by atoms with van der Waals surface area (Å²) >= 11 is 0. The van der Waals surface area contributed by atoms with Gasteiger partial charge in [-0.15, -0.1) is 0 Å². The number of carbonyl (C=O) groups is 2. The molecule has 2 N–H and O–H groups in total. The number of benzene rings is 4. The van der Waals surface area contributed by atoms with Crippen LogP contribution in [0.25, 0.3) is 44.3 Å². The number of nitrogens with zero attached hydrogens (tertiary/aromatic N) is 7. The number of amides is 2. The smallest absolute Gasteiger partial charge is 0.243 e. The lowest BCUT2D eigenvalue weighted by Gasteiger charge is -2.25. The second kappa shape index (κ2) is 22.9. The summed E-state index contributed by atoms with van der Waals surface area (Å²) in [6, 6.07) is 29.0. The van der Waals surface area contributed by atoms with E-state index >= 15 is 0 Å². The van der Waals surface area contributed by atoms with Gasteiger partial charge in [-0.05, 0) is 122 Å². The van der Waals surface area contributed by atoms with E-state index in [1.807, 2.05) is 25.1 Å². The van der Waals surface area contributed by atoms with Crippen LogP contribution in [0.5, 0.6) is 0 Å². The molecule has 2 amide bonds. The number of aromatic amines is 2. The van der Waals surface area contributed by atoms with E-state index < -0.39 is 20.0 Å². The van der Waals surface area contributed by atoms with Crippen LogP contribution in [0.1, 0.15) is 47.4 Å². The van der Waals surface area contributed by atoms with Crippen LogP contribution in [-0.2, 0) is 45.7 Å². The second-order valence-corrected chi connectivity index (χ2v) is 24.4. The van der Waals surface area contributed by atoms with Gasteiger partial charge in [0.15, 0.2) is 0 Å². The maximum Gasteiger partial charge on any atom is 0.243 e. The highest BCUT2D eigenvalue weighted by Crippen LogP contribution is 2.43. The number of aryl methyl sites for hydroxylation is 2. The molecule has 2 fully saturated rings. The van der Waals surface area contributed by atoms with Gasteiger partial charge in [-0.3, -0.25) is 14.6 Å². The fourth-order valence-corrected chi connectivity index (χ4v) is 12.7. The van der Waals surface area contributed by atoms with Gasteiger partial charge in [0.25, 0.3) is 0 Å². The van der Waals surface area contributed by atoms with Crippen molar-refractivity contribution in [3.8, 4) is 22.5 Å². The number of likely N-dealkylation sites (N-methyl/N-ethyl adjacent to an activating group) is 4. The third-order valence-electron chi connectivity index (χ3n) is 14.8. The molecule has 4 aromatic carbocycles. The molecule has 2 saturated heterocycles. The molecule has 0 saturated carbocycles. The van der Waals surface area contributed by atoms with Crippen LogP contribution < -0.4 is 9.80 Å². The first-order chi connectivity index (χ1) is 36.4. The van der Waals surface area contributed by atoms with Gasteiger partial charge in [-0.2, -0.15) is 8.61 Å². The van der Waals surface area contributed by atoms with Crippen molar-refractivity contribution in [3.63, 3.8) is 0 Å². The minimum absolute atomic E-state index is 0.0765. The first-order valence-electron chi connectivity index (χ1n) is 25.8. The fourth-order valence-electron chi connectivity index (χ4n) is 10.4. The van der Waals surface area contributed by atoms with Gasteiger partial charge in [0, 0.05) is 149 Å². The molecule has 402 valence electrons. The van der Waals surface area contributed by atoms with Gasteiger partial charge in [-0.1, -0.05) is 24.3 Å². The number of ether oxygens (including phenoxy) is 2. The van der Waals surface area contributed by atoms with Crippen LogP contribution in [0, 0.1) is 13.8 Å². The molecule has 1 atom stereocenters. The lowest BCUT2D eigenvalue weighted by Crippen LogP contribution is -2.40. The molecule has 7 aromatic rings. The van der Waals surface area contributed by atoms with Crippen LogP contribution in [-0.4, -0.2) is 163 Å². The van der Waals surface area contributed by atoms with E-state index in [-0.39, 0.29) is 40.6 Å². The zero-order valence-corrected chi connectivity index (χ0v) is 46.1. The summed E-state index contributed by atoms with van der Waals surface area (Å²) in [7, 11) is -0.454. The number of aromatic nitrogens is 3. The van der Waals surface area contributed by atoms with Crippen molar-refractivity contribution in [3.05, 3.63) is 126 Å². The van der Waals surface area contributed by atoms with Crippen LogP contribution in [0.3, 0.4) is 0 Å². The number of hydrogen-bond donors (Lipinski definition) is 2. The van der Waals surface area contributed by atoms with Crippen molar-refractivity contribution in [2.24, 2.45) is 0 Å². The number of carbonyl (C=O) groups excluding carboxylic acids is 2. The maximum atomic E-state index is 14.3. The molecule has 0 spiro atoms. The standard InChI is InChI=1S/C57H69N9O8S2/c1-39-12-13-42-30-52(59-50(42)28-39)48-31-45(75(69,70)63(5)37-56(67)61(3)23-24-74-26-25-73-7)15-17-55(48)66-22-18-43(36-66)46-27-40(2)29-51-47(46)33-53(60-51)49-32-44(14-16-54(49)65-20-8-9-21-65)76(71,72)64(6)38-57(68)62(4)35-41-11-10-19-58-34-41/h10-17,19,27-34,43,59-60H,8-9,18,20-26,35-38H2,1-7H3. The molecule has 1 unspecified atom stereocenters. The maximum absolute atomic E-state index is 14.3. The second-order valence-electron chi connectivity index (χ2n) is 20.3. The molecule has 0 bridgehead atoms. The van der Waals surface area contributed by atoms with Gasteiger partial charge in [0.1, 0.15) is 0 Å². The average molecular weight is 1070 g/mol. The summed E-state index contributed by atoms with van der Waals surface area (Å²) in [4.78, 5) is 45.8. The van der Waals surface area contributed by atoms with Crippen LogP contribution >= 0.6 is 0 Å². The third-order valence-corrected chi connectivity index (χ3v) is 18.4. The molecule has 3 aromatic heterocycles. The molecule has 17 nitrogen and oxygen atoms in total. The first kappa shape index (κ1) is 54.2. The lowest BCUT2D eigenvalue weighted by molar-refractivity contribution is -0.131. The van der Waals surface area contributed by atoms with Crippen LogP contribution in [0.2, 0.25) is 0 Å². The molecule has 19 heteroatoms. The third kappa shape index (κ3) is 11.7. The molecule has 5 heterocycles. The monoisotopic (exact) mass is 1070 g/mol. The summed E-state index contributed by atoms with van der Waals surface area (Å²) in [5.74, 6) is -0.592. The largest absolute Gasteiger partial charge is 0.382 e. The number of rotatable bonds is 21. The first-order valence-corrected chi connectivity index (χ1v) is 28.7. The Kier molecular flexibility index (Phi) is 16.3. The van der Waals surface area contributed by atoms with Crippen molar-refractivity contribution in [2.75, 3.05) is 111 Å². The molecule has 0 aliphatic carbocycles. The Labute approximate surface area is 446 Å². The van der Waals surface area contributed by atoms with E-state index in [9.17, 15) is 26.4 Å². The fraction of sp³-hybridized carbons (Fsp3) is 0.386. The lowest BCUT2D eigenvalue weighted by atomic mass is 9.93. The number of anilines is 2. The molecular formula is C57H69N9O8S2. The summed E-state index contributed by atoms with van der Waals surface area (Å²) < 4.78 is 70.0. The Morgan fingerprint density at radius 3 is 1.97 bits per heavy atom. The van der Waals surface area contributed by atoms with E-state index in [4.69, 9.17) is 9.47 Å². The number of sulfonamides is 2. The minimum atomic E-state index is -4.11. The van der Waals surface area contributed by atoms with Gasteiger partial charge < -0.3 is 39.0 Å². The van der Waals surface area contributed by atoms with E-state index in [0.29, 0.717) is 46.0 Å². The Morgan fingerprint density at radius 2 is 1.32 bits per heavy atom. The van der Waals surface area contributed by atoms with Gasteiger partial charge >= 0.3 is 0 Å². The van der Waals surface area contributed by atoms with E-state index in [0.717, 1.165) is 113 Å². The number of nitrogens with one attached hydrogen (secondary N) is 2. The summed E-state index contributed by atoms with van der Waals surface area (Å²) in [5.41, 5.74) is 11.0. The highest BCUT2D eigenvalue weighted by molar-refractivity contribution is 7.89. The van der Waals surface area contributed by atoms with E-state index in [2.05, 4.69) is 74.1 Å². The molecule has 0 radical (unpaired) electrons. The zero-order chi connectivity index (χ0) is 53.9. The van der Waals surface area contributed by atoms with Crippen LogP contribution in [0.4, 0.5) is 11.4 Å². The Balaban J connectivity index is 1.00. The van der Waals surface area contributed by atoms with Crippen molar-refractivity contribution in [1.82, 2.24) is 33.4 Å². The van der Waals surface area contributed by atoms with Crippen molar-refractivity contribution < 1.29 is 35.9 Å². The number of fused-ring (bicyclic) bond motifs is 2. The van der Waals surface area contributed by atoms with Gasteiger partial charge in [-0.25, -0.2) is 16.8 Å². The summed E-state index contributed by atoms with van der Waals surface area (Å²) in [6.45, 7) is 8.28. The Morgan fingerprint density at radius 1 is 0.684 bits per heavy atom. The summed E-state index contributed by atoms with van der Waals surface area (Å²) in [6.07, 6.45) is 6.25. The number of methoxy groups -OCH3 is 1. The normalized spacial score (nSPS) is 15.2. The molecule has 76 heavy (non-hydrogen) atoms. The number of H-pyrrole nitrogens is 2. The van der Waals surface area contributed by atoms with Crippen LogP contribution in [0.15, 0.2) is 113 Å². The minimum Gasteiger partial charge on any atom is -0.382 e. The molecule has 2 aliphatic rings. The SMILES string of the molecule is COCCOCCN(C)C(=O)CN(C)S(=O)(=O)c1ccc(N2CCC(c3cc(C)cc4[nH]c(-c5cc(S(=O)(=O)N(C)CC(=O)N(C)Cc6cccnc6)ccc5N5CCCC5)cc34)C2)c(-c2cc3ccc(C)cc3[nH]2)c1.